The predicted octanol–water partition coefficient (Wildman–Crippen LogP) is 0.778. The third kappa shape index (κ3) is 3.44. The molecule has 0 spiro atoms. The summed E-state index contributed by atoms with van der Waals surface area (Å²) in [6.07, 6.45) is 5.03. The zero-order valence-corrected chi connectivity index (χ0v) is 12.5. The average molecular weight is 283 g/mol. The van der Waals surface area contributed by atoms with E-state index in [1.165, 1.54) is 32.2 Å². The van der Waals surface area contributed by atoms with Crippen LogP contribution in [0.25, 0.3) is 0 Å². The molecule has 3 aliphatic heterocycles. The summed E-state index contributed by atoms with van der Waals surface area (Å²) in [6, 6.07) is 0.654. The van der Waals surface area contributed by atoms with E-state index in [1.807, 2.05) is 11.8 Å². The summed E-state index contributed by atoms with van der Waals surface area (Å²) >= 11 is 1.88. The van der Waals surface area contributed by atoms with Gasteiger partial charge in [0.15, 0.2) is 0 Å². The van der Waals surface area contributed by atoms with Gasteiger partial charge in [0.25, 0.3) is 0 Å². The van der Waals surface area contributed by atoms with Crippen LogP contribution in [0, 0.1) is 0 Å². The van der Waals surface area contributed by atoms with E-state index in [2.05, 4.69) is 15.1 Å². The second-order valence-corrected chi connectivity index (χ2v) is 7.22. The third-order valence-electron chi connectivity index (χ3n) is 4.67. The first-order valence-corrected chi connectivity index (χ1v) is 8.72. The van der Waals surface area contributed by atoms with Gasteiger partial charge in [-0.05, 0) is 45.3 Å². The zero-order chi connectivity index (χ0) is 13.1. The average Bonchev–Trinajstić information content (AvgIpc) is 2.93. The van der Waals surface area contributed by atoms with Crippen molar-refractivity contribution in [2.75, 3.05) is 45.0 Å². The Morgan fingerprint density at radius 2 is 2.00 bits per heavy atom. The van der Waals surface area contributed by atoms with Crippen LogP contribution >= 0.6 is 11.8 Å². The molecule has 3 saturated heterocycles. The highest BCUT2D eigenvalue weighted by Gasteiger charge is 2.32. The Kier molecular flexibility index (Phi) is 4.66. The maximum atomic E-state index is 12.3. The molecule has 3 aliphatic rings. The van der Waals surface area contributed by atoms with Gasteiger partial charge in [0, 0.05) is 30.9 Å². The second-order valence-electron chi connectivity index (χ2n) is 5.93. The van der Waals surface area contributed by atoms with Crippen LogP contribution in [0.2, 0.25) is 0 Å². The van der Waals surface area contributed by atoms with Crippen LogP contribution < -0.4 is 5.32 Å². The molecule has 108 valence electrons. The molecule has 1 atom stereocenters. The largest absolute Gasteiger partial charge is 0.339 e. The van der Waals surface area contributed by atoms with Crippen molar-refractivity contribution in [2.45, 2.75) is 37.0 Å². The number of nitrogens with one attached hydrogen (secondary N) is 1. The predicted molar refractivity (Wildman–Crippen MR) is 79.5 cm³/mol. The van der Waals surface area contributed by atoms with Crippen molar-refractivity contribution in [2.24, 2.45) is 0 Å². The van der Waals surface area contributed by atoms with Gasteiger partial charge in [-0.2, -0.15) is 0 Å². The lowest BCUT2D eigenvalue weighted by molar-refractivity contribution is -0.130. The highest BCUT2D eigenvalue weighted by atomic mass is 32.2. The van der Waals surface area contributed by atoms with Crippen molar-refractivity contribution in [1.82, 2.24) is 15.1 Å². The van der Waals surface area contributed by atoms with Gasteiger partial charge in [-0.25, -0.2) is 0 Å². The molecule has 1 unspecified atom stereocenters. The quantitative estimate of drug-likeness (QED) is 0.830. The lowest BCUT2D eigenvalue weighted by Crippen LogP contribution is -2.52. The normalized spacial score (nSPS) is 29.5. The molecule has 0 saturated carbocycles. The number of amides is 1. The second kappa shape index (κ2) is 6.46. The monoisotopic (exact) mass is 283 g/mol. The zero-order valence-electron chi connectivity index (χ0n) is 11.6. The van der Waals surface area contributed by atoms with E-state index in [-0.39, 0.29) is 0 Å². The van der Waals surface area contributed by atoms with E-state index in [0.717, 1.165) is 32.7 Å². The number of carbonyl (C=O) groups is 1. The van der Waals surface area contributed by atoms with Gasteiger partial charge in [0.05, 0.1) is 5.75 Å². The summed E-state index contributed by atoms with van der Waals surface area (Å²) in [5, 5.41) is 4.07. The van der Waals surface area contributed by atoms with Crippen LogP contribution in [0.1, 0.15) is 25.7 Å². The van der Waals surface area contributed by atoms with Gasteiger partial charge in [-0.1, -0.05) is 0 Å². The molecule has 4 nitrogen and oxygen atoms in total. The first kappa shape index (κ1) is 13.7. The topological polar surface area (TPSA) is 35.6 Å². The molecule has 3 fully saturated rings. The number of fused-ring (bicyclic) bond motifs is 1. The van der Waals surface area contributed by atoms with E-state index in [1.54, 1.807) is 0 Å². The summed E-state index contributed by atoms with van der Waals surface area (Å²) < 4.78 is 0. The molecule has 1 amide bonds. The SMILES string of the molecule is O=C(CSC1CCNCC1)N1CCN2CCCC2C1. The van der Waals surface area contributed by atoms with Gasteiger partial charge >= 0.3 is 0 Å². The summed E-state index contributed by atoms with van der Waals surface area (Å²) in [5.41, 5.74) is 0. The van der Waals surface area contributed by atoms with Gasteiger partial charge < -0.3 is 10.2 Å². The number of piperazine rings is 1. The standard InChI is InChI=1S/C14H25N3OS/c18-14(11-19-13-3-5-15-6-4-13)17-9-8-16-7-1-2-12(16)10-17/h12-13,15H,1-11H2. The number of hydrogen-bond acceptors (Lipinski definition) is 4. The molecule has 3 rings (SSSR count). The summed E-state index contributed by atoms with van der Waals surface area (Å²) in [6.45, 7) is 6.50. The fraction of sp³-hybridized carbons (Fsp3) is 0.929. The smallest absolute Gasteiger partial charge is 0.232 e. The third-order valence-corrected chi connectivity index (χ3v) is 6.03. The van der Waals surface area contributed by atoms with E-state index in [0.29, 0.717) is 23.0 Å². The number of piperidine rings is 1. The molecule has 5 heteroatoms. The Morgan fingerprint density at radius 3 is 2.84 bits per heavy atom. The minimum Gasteiger partial charge on any atom is -0.339 e. The molecule has 3 heterocycles. The number of nitrogens with zero attached hydrogens (tertiary/aromatic N) is 2. The first-order valence-electron chi connectivity index (χ1n) is 7.67. The first-order chi connectivity index (χ1) is 9.33. The Balaban J connectivity index is 1.42. The lowest BCUT2D eigenvalue weighted by atomic mass is 10.1. The van der Waals surface area contributed by atoms with Gasteiger partial charge in [0.1, 0.15) is 0 Å². The lowest BCUT2D eigenvalue weighted by Gasteiger charge is -2.37. The van der Waals surface area contributed by atoms with Crippen LogP contribution in [0.3, 0.4) is 0 Å². The van der Waals surface area contributed by atoms with Crippen LogP contribution in [0.4, 0.5) is 0 Å². The number of rotatable bonds is 3. The molecule has 0 aromatic carbocycles. The maximum Gasteiger partial charge on any atom is 0.232 e. The maximum absolute atomic E-state index is 12.3. The van der Waals surface area contributed by atoms with Crippen LogP contribution in [-0.4, -0.2) is 72.0 Å². The molecule has 0 aromatic rings. The molecule has 0 bridgehead atoms. The van der Waals surface area contributed by atoms with E-state index >= 15 is 0 Å². The van der Waals surface area contributed by atoms with Crippen LogP contribution in [0.15, 0.2) is 0 Å². The molecule has 0 radical (unpaired) electrons. The number of carbonyl (C=O) groups excluding carboxylic acids is 1. The highest BCUT2D eigenvalue weighted by molar-refractivity contribution is 8.00. The number of thioether (sulfide) groups is 1. The summed E-state index contributed by atoms with van der Waals surface area (Å²) in [5.74, 6) is 1.06. The Bertz CT molecular complexity index is 320. The molecule has 0 aliphatic carbocycles. The van der Waals surface area contributed by atoms with Crippen LogP contribution in [0.5, 0.6) is 0 Å². The molecule has 0 aromatic heterocycles. The van der Waals surface area contributed by atoms with Crippen molar-refractivity contribution < 1.29 is 4.79 Å². The summed E-state index contributed by atoms with van der Waals surface area (Å²) in [7, 11) is 0. The minimum absolute atomic E-state index is 0.370. The molecule has 1 N–H and O–H groups in total. The van der Waals surface area contributed by atoms with E-state index in [4.69, 9.17) is 0 Å². The van der Waals surface area contributed by atoms with Gasteiger partial charge in [0.2, 0.25) is 5.91 Å². The van der Waals surface area contributed by atoms with Crippen molar-refractivity contribution >= 4 is 17.7 Å². The van der Waals surface area contributed by atoms with Crippen molar-refractivity contribution in [1.29, 1.82) is 0 Å². The van der Waals surface area contributed by atoms with Crippen molar-refractivity contribution in [3.8, 4) is 0 Å². The number of hydrogen-bond donors (Lipinski definition) is 1. The highest BCUT2D eigenvalue weighted by Crippen LogP contribution is 2.24. The fourth-order valence-corrected chi connectivity index (χ4v) is 4.59. The van der Waals surface area contributed by atoms with E-state index in [9.17, 15) is 4.79 Å². The Hall–Kier alpha value is -0.260. The minimum atomic E-state index is 0.370. The molecule has 19 heavy (non-hydrogen) atoms. The van der Waals surface area contributed by atoms with Gasteiger partial charge in [-0.15, -0.1) is 11.8 Å². The van der Waals surface area contributed by atoms with Gasteiger partial charge in [-0.3, -0.25) is 9.69 Å². The van der Waals surface area contributed by atoms with Crippen LogP contribution in [-0.2, 0) is 4.79 Å². The van der Waals surface area contributed by atoms with Crippen molar-refractivity contribution in [3.63, 3.8) is 0 Å². The molecular weight excluding hydrogens is 258 g/mol. The summed E-state index contributed by atoms with van der Waals surface area (Å²) in [4.78, 5) is 17.0. The van der Waals surface area contributed by atoms with E-state index < -0.39 is 0 Å². The Morgan fingerprint density at radius 1 is 1.16 bits per heavy atom. The molecular formula is C14H25N3OS. The Labute approximate surface area is 120 Å². The van der Waals surface area contributed by atoms with Crippen molar-refractivity contribution in [3.05, 3.63) is 0 Å². The fourth-order valence-electron chi connectivity index (χ4n) is 3.46.